The number of para-hydroxylation sites is 2. The van der Waals surface area contributed by atoms with Crippen LogP contribution in [-0.2, 0) is 10.8 Å². The number of nitrogens with zero attached hydrogens (tertiary/aromatic N) is 2. The summed E-state index contributed by atoms with van der Waals surface area (Å²) in [6.07, 6.45) is 0. The van der Waals surface area contributed by atoms with E-state index in [-0.39, 0.29) is 17.5 Å². The summed E-state index contributed by atoms with van der Waals surface area (Å²) in [5.74, 6) is 0. The molecule has 5 heteroatoms. The van der Waals surface area contributed by atoms with Crippen molar-refractivity contribution in [3.8, 4) is 55.6 Å². The third-order valence-corrected chi connectivity index (χ3v) is 32.5. The predicted molar refractivity (Wildman–Crippen MR) is 472 cm³/mol. The standard InChI is InChI=1S/C104H85BN2Si2/c1-103(2,3)82-65-80(66-83(71-82)104(4,5)6)81-69-100-102-101(70-81)107(97-60-34-32-58-93(97)77-43-21-10-22-44-77)99-73-91(109(86-51-27-13-28-52-86,87-53-29-14-30-54-87)89-56-36-46-79(68-89)75-39-17-8-18-40-75)61-63-94(99)105(102)95-72-90(62-64-98(95)106(100)96-59-33-31-57-92(96)76-41-19-9-20-42-76)108(84-47-23-11-24-48-84,85-49-25-12-26-50-85)88-55-35-45-78(67-88)74-37-15-7-16-38-74/h7-73H,1-6H3. The monoisotopic (exact) mass is 1430 g/mol. The Labute approximate surface area is 645 Å². The summed E-state index contributed by atoms with van der Waals surface area (Å²) in [5, 5.41) is 10.5. The maximum Gasteiger partial charge on any atom is 0.252 e. The van der Waals surface area contributed by atoms with Gasteiger partial charge in [-0.15, -0.1) is 0 Å². The van der Waals surface area contributed by atoms with Crippen molar-refractivity contribution in [2.45, 2.75) is 52.4 Å². The van der Waals surface area contributed by atoms with Crippen molar-refractivity contribution in [3.05, 3.63) is 418 Å². The summed E-state index contributed by atoms with van der Waals surface area (Å²) in [4.78, 5) is 5.39. The Hall–Kier alpha value is -12.4. The van der Waals surface area contributed by atoms with Gasteiger partial charge < -0.3 is 9.80 Å². The summed E-state index contributed by atoms with van der Waals surface area (Å²) in [7, 11) is -6.65. The van der Waals surface area contributed by atoms with Crippen LogP contribution in [-0.4, -0.2) is 22.9 Å². The fourth-order valence-electron chi connectivity index (χ4n) is 17.7. The highest BCUT2D eigenvalue weighted by Gasteiger charge is 2.50. The van der Waals surface area contributed by atoms with Crippen LogP contribution in [0.4, 0.5) is 34.1 Å². The molecule has 0 atom stereocenters. The fraction of sp³-hybridized carbons (Fsp3) is 0.0769. The SMILES string of the molecule is CC(C)(C)c1cc(-c2cc3c4c(c2)N(c2ccccc2-c2ccccc2)c2cc([Si](c5ccccc5)(c5ccccc5)c5cccc(-c6ccccc6)c5)ccc2B4c2cc([Si](c4ccccc4)(c4ccccc4)c4cccc(-c5ccccc5)c4)ccc2N3c2ccccc2-c2ccccc2)cc(C(C)(C)C)c1. The summed E-state index contributed by atoms with van der Waals surface area (Å²) >= 11 is 0. The summed E-state index contributed by atoms with van der Waals surface area (Å²) in [6, 6.07) is 156. The molecule has 2 heterocycles. The first-order valence-electron chi connectivity index (χ1n) is 38.4. The van der Waals surface area contributed by atoms with Gasteiger partial charge in [-0.05, 0) is 161 Å². The topological polar surface area (TPSA) is 6.48 Å². The molecule has 16 aromatic carbocycles. The van der Waals surface area contributed by atoms with Crippen LogP contribution in [0.25, 0.3) is 55.6 Å². The zero-order valence-corrected chi connectivity index (χ0v) is 64.7. The second-order valence-electron chi connectivity index (χ2n) is 31.5. The van der Waals surface area contributed by atoms with Crippen molar-refractivity contribution in [3.63, 3.8) is 0 Å². The van der Waals surface area contributed by atoms with Crippen LogP contribution >= 0.6 is 0 Å². The van der Waals surface area contributed by atoms with E-state index in [4.69, 9.17) is 0 Å². The lowest BCUT2D eigenvalue weighted by molar-refractivity contribution is 0.569. The van der Waals surface area contributed by atoms with Gasteiger partial charge >= 0.3 is 0 Å². The Morgan fingerprint density at radius 1 is 0.202 bits per heavy atom. The first kappa shape index (κ1) is 68.4. The molecule has 0 aliphatic carbocycles. The molecule has 0 saturated carbocycles. The highest BCUT2D eigenvalue weighted by molar-refractivity contribution is 7.21. The lowest BCUT2D eigenvalue weighted by atomic mass is 9.33. The molecule has 0 N–H and O–H groups in total. The van der Waals surface area contributed by atoms with E-state index < -0.39 is 16.1 Å². The maximum absolute atomic E-state index is 3.33. The largest absolute Gasteiger partial charge is 0.311 e. The minimum atomic E-state index is -3.33. The van der Waals surface area contributed by atoms with Crippen LogP contribution in [0.3, 0.4) is 0 Å². The predicted octanol–water partition coefficient (Wildman–Crippen LogP) is 19.5. The van der Waals surface area contributed by atoms with Gasteiger partial charge in [0.05, 0.1) is 11.4 Å². The van der Waals surface area contributed by atoms with Crippen molar-refractivity contribution >= 4 is 115 Å². The van der Waals surface area contributed by atoms with Gasteiger partial charge in [0.2, 0.25) is 0 Å². The first-order valence-corrected chi connectivity index (χ1v) is 42.4. The minimum absolute atomic E-state index is 0.147. The van der Waals surface area contributed by atoms with Crippen molar-refractivity contribution in [1.82, 2.24) is 0 Å². The molecule has 109 heavy (non-hydrogen) atoms. The van der Waals surface area contributed by atoms with E-state index in [0.29, 0.717) is 0 Å². The molecule has 2 aliphatic rings. The third kappa shape index (κ3) is 12.1. The number of benzene rings is 16. The zero-order valence-electron chi connectivity index (χ0n) is 62.7. The number of rotatable bonds is 15. The molecule has 2 aliphatic heterocycles. The fourth-order valence-corrected chi connectivity index (χ4v) is 27.3. The van der Waals surface area contributed by atoms with E-state index >= 15 is 0 Å². The second-order valence-corrected chi connectivity index (χ2v) is 39.1. The van der Waals surface area contributed by atoms with Crippen LogP contribution in [0.15, 0.2) is 406 Å². The molecular formula is C104H85BN2Si2. The van der Waals surface area contributed by atoms with Crippen molar-refractivity contribution in [2.75, 3.05) is 9.80 Å². The molecule has 0 fully saturated rings. The minimum Gasteiger partial charge on any atom is -0.311 e. The average Bonchev–Trinajstić information content (AvgIpc) is 0.685. The molecule has 0 radical (unpaired) electrons. The summed E-state index contributed by atoms with van der Waals surface area (Å²) in [5.41, 5.74) is 24.6. The van der Waals surface area contributed by atoms with Gasteiger partial charge in [-0.25, -0.2) is 0 Å². The zero-order chi connectivity index (χ0) is 73.9. The Morgan fingerprint density at radius 2 is 0.523 bits per heavy atom. The Balaban J connectivity index is 1.02. The normalized spacial score (nSPS) is 12.6. The van der Waals surface area contributed by atoms with Crippen molar-refractivity contribution in [1.29, 1.82) is 0 Å². The number of fused-ring (bicyclic) bond motifs is 4. The molecular weight excluding hydrogens is 1340 g/mol. The molecule has 16 aromatic rings. The molecule has 0 saturated heterocycles. The molecule has 2 nitrogen and oxygen atoms in total. The summed E-state index contributed by atoms with van der Waals surface area (Å²) in [6.45, 7) is 13.9. The highest BCUT2D eigenvalue weighted by Crippen LogP contribution is 2.50. The molecule has 0 bridgehead atoms. The van der Waals surface area contributed by atoms with Crippen LogP contribution < -0.4 is 67.7 Å². The second kappa shape index (κ2) is 28.1. The van der Waals surface area contributed by atoms with Gasteiger partial charge in [0.15, 0.2) is 16.1 Å². The molecule has 0 aromatic heterocycles. The van der Waals surface area contributed by atoms with E-state index in [1.54, 1.807) is 0 Å². The van der Waals surface area contributed by atoms with Crippen LogP contribution in [0, 0.1) is 0 Å². The third-order valence-electron chi connectivity index (χ3n) is 23.0. The molecule has 18 rings (SSSR count). The Kier molecular flexibility index (Phi) is 17.6. The van der Waals surface area contributed by atoms with E-state index in [1.807, 2.05) is 0 Å². The molecule has 522 valence electrons. The van der Waals surface area contributed by atoms with Crippen molar-refractivity contribution < 1.29 is 0 Å². The van der Waals surface area contributed by atoms with Gasteiger partial charge in [0.1, 0.15) is 0 Å². The maximum atomic E-state index is 2.71. The Bertz CT molecular complexity index is 5890. The molecule has 0 unspecified atom stereocenters. The highest BCUT2D eigenvalue weighted by atomic mass is 28.3. The average molecular weight is 1430 g/mol. The van der Waals surface area contributed by atoms with Crippen molar-refractivity contribution in [2.24, 2.45) is 0 Å². The first-order chi connectivity index (χ1) is 53.3. The molecule has 0 spiro atoms. The van der Waals surface area contributed by atoms with E-state index in [1.165, 1.54) is 96.8 Å². The van der Waals surface area contributed by atoms with Gasteiger partial charge in [-0.2, -0.15) is 0 Å². The number of anilines is 6. The summed E-state index contributed by atoms with van der Waals surface area (Å²) < 4.78 is 0. The van der Waals surface area contributed by atoms with Gasteiger partial charge in [-0.3, -0.25) is 0 Å². The van der Waals surface area contributed by atoms with Crippen LogP contribution in [0.1, 0.15) is 52.7 Å². The van der Waals surface area contributed by atoms with Gasteiger partial charge in [0.25, 0.3) is 6.71 Å². The molecule has 0 amide bonds. The van der Waals surface area contributed by atoms with Crippen LogP contribution in [0.5, 0.6) is 0 Å². The quantitative estimate of drug-likeness (QED) is 0.0746. The van der Waals surface area contributed by atoms with E-state index in [0.717, 1.165) is 61.9 Å². The van der Waals surface area contributed by atoms with E-state index in [2.05, 4.69) is 458 Å². The van der Waals surface area contributed by atoms with E-state index in [9.17, 15) is 0 Å². The lowest BCUT2D eigenvalue weighted by Gasteiger charge is -2.46. The lowest BCUT2D eigenvalue weighted by Crippen LogP contribution is -2.75. The Morgan fingerprint density at radius 3 is 0.936 bits per heavy atom. The number of hydrogen-bond donors (Lipinski definition) is 0. The van der Waals surface area contributed by atoms with Crippen LogP contribution in [0.2, 0.25) is 0 Å². The van der Waals surface area contributed by atoms with Gasteiger partial charge in [-0.1, -0.05) is 412 Å². The smallest absolute Gasteiger partial charge is 0.252 e. The number of hydrogen-bond acceptors (Lipinski definition) is 2. The van der Waals surface area contributed by atoms with Gasteiger partial charge in [0, 0.05) is 33.9 Å².